The number of nitrogens with one attached hydrogen (secondary N) is 1. The highest BCUT2D eigenvalue weighted by Crippen LogP contribution is 2.16. The van der Waals surface area contributed by atoms with E-state index in [0.29, 0.717) is 32.7 Å². The van der Waals surface area contributed by atoms with E-state index < -0.39 is 15.1 Å². The predicted octanol–water partition coefficient (Wildman–Crippen LogP) is 1.55. The van der Waals surface area contributed by atoms with Crippen LogP contribution >= 0.6 is 0 Å². The highest BCUT2D eigenvalue weighted by atomic mass is 32.2. The summed E-state index contributed by atoms with van der Waals surface area (Å²) in [6, 6.07) is 7.58. The Balaban J connectivity index is 1.90. The molecule has 1 N–H and O–H groups in total. The van der Waals surface area contributed by atoms with Crippen LogP contribution in [0.1, 0.15) is 24.5 Å². The molecule has 1 heterocycles. The second-order valence-corrected chi connectivity index (χ2v) is 8.08. The topological polar surface area (TPSA) is 75.7 Å². The molecule has 2 rings (SSSR count). The molecule has 0 aliphatic carbocycles. The number of amides is 2. The fourth-order valence-corrected chi connectivity index (χ4v) is 3.61. The van der Waals surface area contributed by atoms with Crippen LogP contribution in [-0.4, -0.2) is 50.6 Å². The van der Waals surface area contributed by atoms with Crippen molar-refractivity contribution in [2.75, 3.05) is 26.0 Å². The molecule has 1 saturated heterocycles. The summed E-state index contributed by atoms with van der Waals surface area (Å²) in [5, 5.41) is 2.42. The van der Waals surface area contributed by atoms with Gasteiger partial charge in [-0.2, -0.15) is 0 Å². The Morgan fingerprint density at radius 2 is 2.04 bits per heavy atom. The molecule has 1 aromatic carbocycles. The lowest BCUT2D eigenvalue weighted by Crippen LogP contribution is -2.39. The minimum absolute atomic E-state index is 0.220. The van der Waals surface area contributed by atoms with Crippen molar-refractivity contribution in [2.45, 2.75) is 31.7 Å². The number of urea groups is 1. The van der Waals surface area contributed by atoms with E-state index in [-0.39, 0.29) is 12.6 Å². The zero-order chi connectivity index (χ0) is 16.9. The Morgan fingerprint density at radius 3 is 2.65 bits per heavy atom. The number of carbonyl (C=O) groups is 1. The van der Waals surface area contributed by atoms with E-state index in [9.17, 15) is 13.2 Å². The number of sulfone groups is 1. The Morgan fingerprint density at radius 1 is 1.35 bits per heavy atom. The first kappa shape index (κ1) is 17.7. The molecule has 2 amide bonds. The molecule has 6 nitrogen and oxygen atoms in total. The van der Waals surface area contributed by atoms with E-state index in [1.165, 1.54) is 6.26 Å². The van der Waals surface area contributed by atoms with Crippen molar-refractivity contribution in [1.29, 1.82) is 0 Å². The number of rotatable bonds is 6. The van der Waals surface area contributed by atoms with Gasteiger partial charge < -0.3 is 15.0 Å². The molecule has 1 atom stereocenters. The molecule has 0 bridgehead atoms. The number of benzene rings is 1. The second-order valence-electron chi connectivity index (χ2n) is 5.75. The highest BCUT2D eigenvalue weighted by Gasteiger charge is 2.32. The lowest BCUT2D eigenvalue weighted by atomic mass is 10.1. The van der Waals surface area contributed by atoms with Crippen molar-refractivity contribution in [3.63, 3.8) is 0 Å². The van der Waals surface area contributed by atoms with Crippen molar-refractivity contribution in [3.05, 3.63) is 35.4 Å². The van der Waals surface area contributed by atoms with E-state index in [4.69, 9.17) is 4.74 Å². The van der Waals surface area contributed by atoms with Crippen molar-refractivity contribution in [2.24, 2.45) is 0 Å². The van der Waals surface area contributed by atoms with Gasteiger partial charge in [0, 0.05) is 32.5 Å². The van der Waals surface area contributed by atoms with Crippen LogP contribution in [0.5, 0.6) is 0 Å². The molecule has 0 spiro atoms. The van der Waals surface area contributed by atoms with E-state index in [0.717, 1.165) is 11.1 Å². The third kappa shape index (κ3) is 4.94. The van der Waals surface area contributed by atoms with E-state index in [2.05, 4.69) is 5.32 Å². The Bertz CT molecular complexity index is 645. The van der Waals surface area contributed by atoms with Crippen LogP contribution in [0.25, 0.3) is 0 Å². The summed E-state index contributed by atoms with van der Waals surface area (Å²) >= 11 is 0. The fourth-order valence-electron chi connectivity index (χ4n) is 2.63. The molecule has 1 aliphatic rings. The van der Waals surface area contributed by atoms with Gasteiger partial charge in [0.2, 0.25) is 0 Å². The van der Waals surface area contributed by atoms with Gasteiger partial charge in [-0.3, -0.25) is 0 Å². The molecule has 1 aromatic rings. The lowest BCUT2D eigenvalue weighted by Gasteiger charge is -2.18. The number of likely N-dealkylation sites (tertiary alicyclic amines) is 1. The number of carbonyl (C=O) groups excluding carboxylic acids is 1. The molecule has 0 unspecified atom stereocenters. The average Bonchev–Trinajstić information content (AvgIpc) is 3.01. The minimum atomic E-state index is -3.09. The maximum Gasteiger partial charge on any atom is 0.317 e. The van der Waals surface area contributed by atoms with Crippen LogP contribution in [0, 0.1) is 0 Å². The van der Waals surface area contributed by atoms with Gasteiger partial charge >= 0.3 is 6.03 Å². The fraction of sp³-hybridized carbons (Fsp3) is 0.562. The van der Waals surface area contributed by atoms with Crippen molar-refractivity contribution < 1.29 is 17.9 Å². The van der Waals surface area contributed by atoms with Crippen molar-refractivity contribution >= 4 is 15.9 Å². The average molecular weight is 340 g/mol. The molecule has 0 aromatic heterocycles. The van der Waals surface area contributed by atoms with Crippen molar-refractivity contribution in [3.8, 4) is 0 Å². The first-order chi connectivity index (χ1) is 10.9. The van der Waals surface area contributed by atoms with Gasteiger partial charge in [0.1, 0.15) is 0 Å². The SMILES string of the molecule is CCOCc1ccccc1CNC(=O)N1CC[C@@H](S(C)(=O)=O)C1. The quantitative estimate of drug-likeness (QED) is 0.852. The molecule has 23 heavy (non-hydrogen) atoms. The van der Waals surface area contributed by atoms with E-state index >= 15 is 0 Å². The van der Waals surface area contributed by atoms with Crippen LogP contribution in [0.2, 0.25) is 0 Å². The molecule has 128 valence electrons. The summed E-state index contributed by atoms with van der Waals surface area (Å²) in [5.74, 6) is 0. The van der Waals surface area contributed by atoms with Crippen molar-refractivity contribution in [1.82, 2.24) is 10.2 Å². The van der Waals surface area contributed by atoms with Crippen LogP contribution in [0.4, 0.5) is 4.79 Å². The third-order valence-corrected chi connectivity index (χ3v) is 5.64. The smallest absolute Gasteiger partial charge is 0.317 e. The van der Waals surface area contributed by atoms with E-state index in [1.807, 2.05) is 31.2 Å². The Hall–Kier alpha value is -1.60. The van der Waals surface area contributed by atoms with Gasteiger partial charge in [-0.1, -0.05) is 24.3 Å². The summed E-state index contributed by atoms with van der Waals surface area (Å²) in [6.45, 7) is 4.25. The van der Waals surface area contributed by atoms with Crippen LogP contribution in [-0.2, 0) is 27.7 Å². The lowest BCUT2D eigenvalue weighted by molar-refractivity contribution is 0.133. The first-order valence-electron chi connectivity index (χ1n) is 7.78. The maximum atomic E-state index is 12.2. The highest BCUT2D eigenvalue weighted by molar-refractivity contribution is 7.91. The van der Waals surface area contributed by atoms with Crippen LogP contribution in [0.15, 0.2) is 24.3 Å². The largest absolute Gasteiger partial charge is 0.377 e. The standard InChI is InChI=1S/C16H24N2O4S/c1-3-22-12-14-7-5-4-6-13(14)10-17-16(19)18-9-8-15(11-18)23(2,20)21/h4-7,15H,3,8-12H2,1-2H3,(H,17,19)/t15-/m1/s1. The maximum absolute atomic E-state index is 12.2. The molecule has 1 fully saturated rings. The zero-order valence-electron chi connectivity index (χ0n) is 13.6. The molecule has 0 saturated carbocycles. The third-order valence-electron chi connectivity index (χ3n) is 4.05. The van der Waals surface area contributed by atoms with Crippen LogP contribution in [0.3, 0.4) is 0 Å². The monoisotopic (exact) mass is 340 g/mol. The van der Waals surface area contributed by atoms with Gasteiger partial charge in [-0.05, 0) is 24.5 Å². The first-order valence-corrected chi connectivity index (χ1v) is 9.73. The van der Waals surface area contributed by atoms with Gasteiger partial charge in [-0.25, -0.2) is 13.2 Å². The van der Waals surface area contributed by atoms with Gasteiger partial charge in [-0.15, -0.1) is 0 Å². The van der Waals surface area contributed by atoms with Gasteiger partial charge in [0.15, 0.2) is 9.84 Å². The minimum Gasteiger partial charge on any atom is -0.377 e. The molecule has 7 heteroatoms. The summed E-state index contributed by atoms with van der Waals surface area (Å²) in [4.78, 5) is 13.8. The normalized spacial score (nSPS) is 18.2. The number of nitrogens with zero attached hydrogens (tertiary/aromatic N) is 1. The second kappa shape index (κ2) is 7.79. The number of ether oxygens (including phenoxy) is 1. The Labute approximate surface area is 137 Å². The molecular formula is C16H24N2O4S. The molecular weight excluding hydrogens is 316 g/mol. The van der Waals surface area contributed by atoms with Crippen LogP contribution < -0.4 is 5.32 Å². The van der Waals surface area contributed by atoms with Gasteiger partial charge in [0.05, 0.1) is 11.9 Å². The summed E-state index contributed by atoms with van der Waals surface area (Å²) < 4.78 is 28.5. The zero-order valence-corrected chi connectivity index (χ0v) is 14.4. The number of hydrogen-bond acceptors (Lipinski definition) is 4. The number of hydrogen-bond donors (Lipinski definition) is 1. The summed E-state index contributed by atoms with van der Waals surface area (Å²) in [5.41, 5.74) is 2.05. The Kier molecular flexibility index (Phi) is 6.01. The van der Waals surface area contributed by atoms with E-state index in [1.54, 1.807) is 4.90 Å². The summed E-state index contributed by atoms with van der Waals surface area (Å²) in [6.07, 6.45) is 1.73. The predicted molar refractivity (Wildman–Crippen MR) is 88.8 cm³/mol. The molecule has 0 radical (unpaired) electrons. The summed E-state index contributed by atoms with van der Waals surface area (Å²) in [7, 11) is -3.09. The van der Waals surface area contributed by atoms with Gasteiger partial charge in [0.25, 0.3) is 0 Å². The molecule has 1 aliphatic heterocycles.